The number of hydrogen-bond donors (Lipinski definition) is 1. The van der Waals surface area contributed by atoms with E-state index in [1.807, 2.05) is 0 Å². The molecule has 17 heavy (non-hydrogen) atoms. The smallest absolute Gasteiger partial charge is 0.256 e. The van der Waals surface area contributed by atoms with Gasteiger partial charge in [0.1, 0.15) is 5.82 Å². The lowest BCUT2D eigenvalue weighted by atomic mass is 9.94. The molecule has 2 nitrogen and oxygen atoms in total. The van der Waals surface area contributed by atoms with Gasteiger partial charge in [0, 0.05) is 14.1 Å². The van der Waals surface area contributed by atoms with Gasteiger partial charge in [-0.2, -0.15) is 0 Å². The third-order valence-electron chi connectivity index (χ3n) is 2.58. The van der Waals surface area contributed by atoms with Gasteiger partial charge in [-0.25, -0.2) is 13.2 Å². The first-order chi connectivity index (χ1) is 7.74. The SMILES string of the molecule is CN(C)c1ccc(CC(C)(N)C(F)F)cc1F. The van der Waals surface area contributed by atoms with Gasteiger partial charge in [-0.05, 0) is 31.0 Å². The molecule has 0 fully saturated rings. The molecule has 1 unspecified atom stereocenters. The normalized spacial score (nSPS) is 14.8. The van der Waals surface area contributed by atoms with Crippen LogP contribution in [0.2, 0.25) is 0 Å². The van der Waals surface area contributed by atoms with Crippen molar-refractivity contribution in [2.75, 3.05) is 19.0 Å². The Labute approximate surface area is 99.2 Å². The molecule has 0 amide bonds. The molecule has 1 aromatic carbocycles. The highest BCUT2D eigenvalue weighted by molar-refractivity contribution is 5.47. The molecule has 1 aromatic rings. The van der Waals surface area contributed by atoms with Crippen LogP contribution in [-0.2, 0) is 6.42 Å². The van der Waals surface area contributed by atoms with E-state index in [9.17, 15) is 13.2 Å². The van der Waals surface area contributed by atoms with E-state index < -0.39 is 17.8 Å². The van der Waals surface area contributed by atoms with Crippen LogP contribution in [0.4, 0.5) is 18.9 Å². The Hall–Kier alpha value is -1.23. The van der Waals surface area contributed by atoms with Gasteiger partial charge >= 0.3 is 0 Å². The lowest BCUT2D eigenvalue weighted by Crippen LogP contribution is -2.45. The number of benzene rings is 1. The summed E-state index contributed by atoms with van der Waals surface area (Å²) in [6, 6.07) is 4.43. The Kier molecular flexibility index (Phi) is 4.03. The Morgan fingerprint density at radius 2 is 1.94 bits per heavy atom. The van der Waals surface area contributed by atoms with Crippen molar-refractivity contribution in [3.63, 3.8) is 0 Å². The maximum absolute atomic E-state index is 13.6. The molecule has 0 heterocycles. The van der Waals surface area contributed by atoms with Crippen molar-refractivity contribution in [1.82, 2.24) is 0 Å². The highest BCUT2D eigenvalue weighted by Crippen LogP contribution is 2.23. The van der Waals surface area contributed by atoms with Gasteiger partial charge in [0.15, 0.2) is 0 Å². The van der Waals surface area contributed by atoms with Crippen LogP contribution in [0.15, 0.2) is 18.2 Å². The molecule has 1 rings (SSSR count). The predicted molar refractivity (Wildman–Crippen MR) is 63.0 cm³/mol. The monoisotopic (exact) mass is 246 g/mol. The van der Waals surface area contributed by atoms with Crippen LogP contribution in [0.5, 0.6) is 0 Å². The average Bonchev–Trinajstić information content (AvgIpc) is 2.15. The molecule has 1 atom stereocenters. The van der Waals surface area contributed by atoms with Crippen molar-refractivity contribution >= 4 is 5.69 Å². The molecule has 0 aliphatic carbocycles. The molecule has 0 saturated carbocycles. The highest BCUT2D eigenvalue weighted by Gasteiger charge is 2.30. The Balaban J connectivity index is 2.92. The fourth-order valence-electron chi connectivity index (χ4n) is 1.54. The summed E-state index contributed by atoms with van der Waals surface area (Å²) >= 11 is 0. The number of hydrogen-bond acceptors (Lipinski definition) is 2. The second-order valence-electron chi connectivity index (χ2n) is 4.66. The van der Waals surface area contributed by atoms with E-state index in [4.69, 9.17) is 5.73 Å². The van der Waals surface area contributed by atoms with Gasteiger partial charge in [0.05, 0.1) is 11.2 Å². The molecule has 0 aliphatic heterocycles. The van der Waals surface area contributed by atoms with E-state index in [2.05, 4.69) is 0 Å². The van der Waals surface area contributed by atoms with E-state index in [0.717, 1.165) is 0 Å². The molecular formula is C12H17F3N2. The van der Waals surface area contributed by atoms with Crippen molar-refractivity contribution in [3.05, 3.63) is 29.6 Å². The van der Waals surface area contributed by atoms with Crippen LogP contribution in [0.3, 0.4) is 0 Å². The van der Waals surface area contributed by atoms with Gasteiger partial charge in [-0.1, -0.05) is 6.07 Å². The van der Waals surface area contributed by atoms with Gasteiger partial charge in [-0.3, -0.25) is 0 Å². The Morgan fingerprint density at radius 1 is 1.35 bits per heavy atom. The quantitative estimate of drug-likeness (QED) is 0.884. The molecule has 0 radical (unpaired) electrons. The standard InChI is InChI=1S/C12H17F3N2/c1-12(16,11(14)15)7-8-4-5-10(17(2)3)9(13)6-8/h4-6,11H,7,16H2,1-3H3. The molecule has 0 spiro atoms. The van der Waals surface area contributed by atoms with Crippen LogP contribution in [0.1, 0.15) is 12.5 Å². The lowest BCUT2D eigenvalue weighted by Gasteiger charge is -2.24. The Bertz CT molecular complexity index is 389. The molecule has 5 heteroatoms. The summed E-state index contributed by atoms with van der Waals surface area (Å²) in [5, 5.41) is 0. The maximum Gasteiger partial charge on any atom is 0.256 e. The minimum absolute atomic E-state index is 0.0602. The number of nitrogens with zero attached hydrogens (tertiary/aromatic N) is 1. The topological polar surface area (TPSA) is 29.3 Å². The predicted octanol–water partition coefficient (Wildman–Crippen LogP) is 2.42. The van der Waals surface area contributed by atoms with Crippen LogP contribution in [0.25, 0.3) is 0 Å². The van der Waals surface area contributed by atoms with Crippen molar-refractivity contribution < 1.29 is 13.2 Å². The fourth-order valence-corrected chi connectivity index (χ4v) is 1.54. The van der Waals surface area contributed by atoms with Crippen LogP contribution >= 0.6 is 0 Å². The lowest BCUT2D eigenvalue weighted by molar-refractivity contribution is 0.0639. The van der Waals surface area contributed by atoms with Crippen molar-refractivity contribution in [3.8, 4) is 0 Å². The van der Waals surface area contributed by atoms with Gasteiger partial charge in [-0.15, -0.1) is 0 Å². The number of halogens is 3. The summed E-state index contributed by atoms with van der Waals surface area (Å²) in [5.41, 5.74) is 4.72. The van der Waals surface area contributed by atoms with E-state index in [1.165, 1.54) is 13.0 Å². The van der Waals surface area contributed by atoms with E-state index in [1.54, 1.807) is 31.1 Å². The molecule has 2 N–H and O–H groups in total. The summed E-state index contributed by atoms with van der Waals surface area (Å²) < 4.78 is 38.8. The second kappa shape index (κ2) is 4.96. The molecule has 0 bridgehead atoms. The van der Waals surface area contributed by atoms with E-state index >= 15 is 0 Å². The van der Waals surface area contributed by atoms with Crippen molar-refractivity contribution in [2.45, 2.75) is 25.3 Å². The average molecular weight is 246 g/mol. The van der Waals surface area contributed by atoms with Crippen molar-refractivity contribution in [1.29, 1.82) is 0 Å². The summed E-state index contributed by atoms with van der Waals surface area (Å²) in [7, 11) is 3.43. The van der Waals surface area contributed by atoms with Crippen LogP contribution < -0.4 is 10.6 Å². The maximum atomic E-state index is 13.6. The molecule has 0 aliphatic rings. The summed E-state index contributed by atoms with van der Waals surface area (Å²) in [4.78, 5) is 1.62. The van der Waals surface area contributed by atoms with Crippen molar-refractivity contribution in [2.24, 2.45) is 5.73 Å². The van der Waals surface area contributed by atoms with E-state index in [0.29, 0.717) is 11.3 Å². The number of rotatable bonds is 4. The molecular weight excluding hydrogens is 229 g/mol. The number of anilines is 1. The third kappa shape index (κ3) is 3.36. The number of nitrogens with two attached hydrogens (primary N) is 1. The second-order valence-corrected chi connectivity index (χ2v) is 4.66. The number of alkyl halides is 2. The first-order valence-electron chi connectivity index (χ1n) is 5.27. The van der Waals surface area contributed by atoms with E-state index in [-0.39, 0.29) is 6.42 Å². The minimum atomic E-state index is -2.64. The van der Waals surface area contributed by atoms with Crippen LogP contribution in [0, 0.1) is 5.82 Å². The summed E-state index contributed by atoms with van der Waals surface area (Å²) in [5.74, 6) is -0.433. The van der Waals surface area contributed by atoms with Gasteiger partial charge in [0.2, 0.25) is 0 Å². The first-order valence-corrected chi connectivity index (χ1v) is 5.27. The zero-order valence-corrected chi connectivity index (χ0v) is 10.2. The molecule has 0 saturated heterocycles. The first kappa shape index (κ1) is 13.8. The van der Waals surface area contributed by atoms with Crippen LogP contribution in [-0.4, -0.2) is 26.1 Å². The highest BCUT2D eigenvalue weighted by atomic mass is 19.3. The molecule has 96 valence electrons. The molecule has 0 aromatic heterocycles. The fraction of sp³-hybridized carbons (Fsp3) is 0.500. The zero-order valence-electron chi connectivity index (χ0n) is 10.2. The Morgan fingerprint density at radius 3 is 2.35 bits per heavy atom. The summed E-state index contributed by atoms with van der Waals surface area (Å²) in [6.45, 7) is 1.26. The van der Waals surface area contributed by atoms with Gasteiger partial charge < -0.3 is 10.6 Å². The third-order valence-corrected chi connectivity index (χ3v) is 2.58. The summed E-state index contributed by atoms with van der Waals surface area (Å²) in [6.07, 6.45) is -2.70. The largest absolute Gasteiger partial charge is 0.375 e. The van der Waals surface area contributed by atoms with Gasteiger partial charge in [0.25, 0.3) is 6.43 Å². The zero-order chi connectivity index (χ0) is 13.2. The minimum Gasteiger partial charge on any atom is -0.375 e.